The quantitative estimate of drug-likeness (QED) is 0.280. The van der Waals surface area contributed by atoms with Crippen LogP contribution in [0.1, 0.15) is 36.8 Å². The summed E-state index contributed by atoms with van der Waals surface area (Å²) < 4.78 is 12.3. The Bertz CT molecular complexity index is 1540. The minimum atomic E-state index is -0.160. The number of hydrogen-bond donors (Lipinski definition) is 2. The Hall–Kier alpha value is -3.62. The van der Waals surface area contributed by atoms with Crippen molar-refractivity contribution in [2.75, 3.05) is 33.1 Å². The minimum absolute atomic E-state index is 0.0537. The second kappa shape index (κ2) is 10.7. The molecule has 2 amide bonds. The lowest BCUT2D eigenvalue weighted by Crippen LogP contribution is -2.52. The average molecular weight is 557 g/mol. The zero-order valence-corrected chi connectivity index (χ0v) is 24.3. The highest BCUT2D eigenvalue weighted by molar-refractivity contribution is 7.21. The number of nitrogens with zero attached hydrogens (tertiary/aromatic N) is 2. The number of ether oxygens (including phenoxy) is 2. The Morgan fingerprint density at radius 1 is 1.02 bits per heavy atom. The predicted molar refractivity (Wildman–Crippen MR) is 162 cm³/mol. The molecule has 0 bridgehead atoms. The van der Waals surface area contributed by atoms with Crippen LogP contribution in [0.3, 0.4) is 0 Å². The Labute approximate surface area is 239 Å². The number of hydrogen-bond acceptors (Lipinski definition) is 6. The maximum Gasteiger partial charge on any atom is 0.319 e. The van der Waals surface area contributed by atoms with E-state index in [0.29, 0.717) is 6.04 Å². The molecule has 7 nitrogen and oxygen atoms in total. The van der Waals surface area contributed by atoms with Crippen molar-refractivity contribution in [3.8, 4) is 22.1 Å². The molecule has 1 saturated heterocycles. The number of nitrogens with one attached hydrogen (secondary N) is 2. The number of carbonyl (C=O) groups excluding carboxylic acids is 1. The van der Waals surface area contributed by atoms with Gasteiger partial charge in [-0.25, -0.2) is 9.78 Å². The smallest absolute Gasteiger partial charge is 0.319 e. The lowest BCUT2D eigenvalue weighted by atomic mass is 9.65. The van der Waals surface area contributed by atoms with Gasteiger partial charge in [0.05, 0.1) is 24.4 Å². The van der Waals surface area contributed by atoms with Gasteiger partial charge in [-0.2, -0.15) is 0 Å². The molecule has 0 unspecified atom stereocenters. The molecule has 2 N–H and O–H groups in total. The number of aryl methyl sites for hydroxylation is 1. The van der Waals surface area contributed by atoms with Gasteiger partial charge in [0.1, 0.15) is 5.01 Å². The van der Waals surface area contributed by atoms with Crippen LogP contribution in [0.4, 0.5) is 10.5 Å². The first kappa shape index (κ1) is 26.6. The first-order valence-corrected chi connectivity index (χ1v) is 14.7. The molecule has 1 aliphatic heterocycles. The minimum Gasteiger partial charge on any atom is -0.493 e. The van der Waals surface area contributed by atoms with Crippen LogP contribution in [0.15, 0.2) is 60.7 Å². The van der Waals surface area contributed by atoms with Gasteiger partial charge >= 0.3 is 6.03 Å². The third-order valence-corrected chi connectivity index (χ3v) is 9.82. The van der Waals surface area contributed by atoms with Gasteiger partial charge in [0.2, 0.25) is 0 Å². The second-order valence-electron chi connectivity index (χ2n) is 11.1. The summed E-state index contributed by atoms with van der Waals surface area (Å²) in [6.45, 7) is 3.14. The van der Waals surface area contributed by atoms with Crippen LogP contribution >= 0.6 is 11.3 Å². The molecule has 2 aliphatic rings. The molecule has 1 aliphatic carbocycles. The van der Waals surface area contributed by atoms with E-state index in [9.17, 15) is 4.79 Å². The Morgan fingerprint density at radius 2 is 1.82 bits per heavy atom. The van der Waals surface area contributed by atoms with E-state index in [1.165, 1.54) is 15.8 Å². The zero-order valence-electron chi connectivity index (χ0n) is 23.5. The maximum absolute atomic E-state index is 13.0. The van der Waals surface area contributed by atoms with Crippen LogP contribution in [-0.2, 0) is 5.41 Å². The fraction of sp³-hybridized carbons (Fsp3) is 0.375. The van der Waals surface area contributed by atoms with Gasteiger partial charge in [-0.1, -0.05) is 12.1 Å². The highest BCUT2D eigenvalue weighted by atomic mass is 32.1. The molecule has 3 atom stereocenters. The fourth-order valence-electron chi connectivity index (χ4n) is 6.60. The molecule has 0 spiro atoms. The van der Waals surface area contributed by atoms with Gasteiger partial charge in [0.15, 0.2) is 11.5 Å². The van der Waals surface area contributed by atoms with Crippen LogP contribution < -0.4 is 20.1 Å². The van der Waals surface area contributed by atoms with E-state index >= 15 is 0 Å². The number of likely N-dealkylation sites (N-methyl/N-ethyl adjacent to an activating group) is 1. The van der Waals surface area contributed by atoms with Crippen molar-refractivity contribution < 1.29 is 14.3 Å². The fourth-order valence-corrected chi connectivity index (χ4v) is 7.67. The first-order valence-electron chi connectivity index (χ1n) is 13.9. The largest absolute Gasteiger partial charge is 0.493 e. The Morgan fingerprint density at radius 3 is 2.60 bits per heavy atom. The number of methoxy groups -OCH3 is 2. The predicted octanol–water partition coefficient (Wildman–Crippen LogP) is 6.61. The third kappa shape index (κ3) is 4.90. The van der Waals surface area contributed by atoms with Gasteiger partial charge in [0, 0.05) is 28.7 Å². The van der Waals surface area contributed by atoms with Crippen molar-refractivity contribution >= 4 is 33.3 Å². The number of benzene rings is 3. The number of fused-ring (bicyclic) bond motifs is 2. The van der Waals surface area contributed by atoms with Crippen molar-refractivity contribution in [1.82, 2.24) is 15.2 Å². The molecular formula is C32H36N4O3S. The number of anilines is 1. The Kier molecular flexibility index (Phi) is 7.15. The van der Waals surface area contributed by atoms with E-state index in [-0.39, 0.29) is 17.5 Å². The van der Waals surface area contributed by atoms with E-state index in [1.54, 1.807) is 25.6 Å². The van der Waals surface area contributed by atoms with E-state index in [0.717, 1.165) is 65.5 Å². The number of carbonyl (C=O) groups is 1. The van der Waals surface area contributed by atoms with Crippen molar-refractivity contribution in [3.05, 3.63) is 71.8 Å². The molecule has 8 heteroatoms. The molecule has 1 aromatic heterocycles. The van der Waals surface area contributed by atoms with E-state index in [2.05, 4.69) is 59.8 Å². The van der Waals surface area contributed by atoms with Crippen molar-refractivity contribution in [3.63, 3.8) is 0 Å². The molecule has 40 heavy (non-hydrogen) atoms. The molecule has 1 saturated carbocycles. The van der Waals surface area contributed by atoms with Crippen LogP contribution in [-0.4, -0.2) is 55.8 Å². The first-order chi connectivity index (χ1) is 19.4. The maximum atomic E-state index is 13.0. The topological polar surface area (TPSA) is 75.7 Å². The molecule has 2 fully saturated rings. The standard InChI is InChI=1S/C32H36N4O3S/c1-20-5-11-25-28(17-20)40-30(35-25)21-6-9-23(10-7-21)33-31(37)34-24-13-14-32(15-16-36(2)29(32)19-24)22-8-12-26(38-3)27(18-22)39-4/h5-12,17-18,24,29H,13-16,19H2,1-4H3,(H2,33,34,37)/t24-,29+,32-/m0/s1. The molecule has 2 heterocycles. The summed E-state index contributed by atoms with van der Waals surface area (Å²) in [6.07, 6.45) is 3.96. The summed E-state index contributed by atoms with van der Waals surface area (Å²) in [7, 11) is 5.55. The molecule has 6 rings (SSSR count). The van der Waals surface area contributed by atoms with Gasteiger partial charge in [-0.3, -0.25) is 0 Å². The zero-order chi connectivity index (χ0) is 27.9. The van der Waals surface area contributed by atoms with E-state index in [1.807, 2.05) is 30.3 Å². The number of urea groups is 1. The molecule has 4 aromatic rings. The summed E-state index contributed by atoms with van der Waals surface area (Å²) in [6, 6.07) is 20.9. The summed E-state index contributed by atoms with van der Waals surface area (Å²) in [5.41, 5.74) is 5.42. The van der Waals surface area contributed by atoms with Crippen molar-refractivity contribution in [1.29, 1.82) is 0 Å². The average Bonchev–Trinajstić information content (AvgIpc) is 3.54. The van der Waals surface area contributed by atoms with Gasteiger partial charge in [-0.15, -0.1) is 11.3 Å². The lowest BCUT2D eigenvalue weighted by molar-refractivity contribution is 0.156. The van der Waals surface area contributed by atoms with Crippen LogP contribution in [0, 0.1) is 6.92 Å². The third-order valence-electron chi connectivity index (χ3n) is 8.75. The number of rotatable bonds is 6. The van der Waals surface area contributed by atoms with Gasteiger partial charge in [0.25, 0.3) is 0 Å². The second-order valence-corrected chi connectivity index (χ2v) is 12.1. The normalized spacial score (nSPS) is 22.6. The molecule has 0 radical (unpaired) electrons. The Balaban J connectivity index is 1.11. The number of thiazole rings is 1. The van der Waals surface area contributed by atoms with Gasteiger partial charge in [-0.05, 0) is 106 Å². The highest BCUT2D eigenvalue weighted by Gasteiger charge is 2.50. The summed E-state index contributed by atoms with van der Waals surface area (Å²) in [4.78, 5) is 20.2. The van der Waals surface area contributed by atoms with Crippen LogP contribution in [0.5, 0.6) is 11.5 Å². The van der Waals surface area contributed by atoms with E-state index < -0.39 is 0 Å². The highest BCUT2D eigenvalue weighted by Crippen LogP contribution is 2.50. The van der Waals surface area contributed by atoms with Crippen molar-refractivity contribution in [2.24, 2.45) is 0 Å². The molecule has 208 valence electrons. The molecular weight excluding hydrogens is 520 g/mol. The summed E-state index contributed by atoms with van der Waals surface area (Å²) >= 11 is 1.69. The van der Waals surface area contributed by atoms with Crippen LogP contribution in [0.25, 0.3) is 20.8 Å². The lowest BCUT2D eigenvalue weighted by Gasteiger charge is -2.45. The monoisotopic (exact) mass is 556 g/mol. The SMILES string of the molecule is COc1ccc([C@@]23CC[C@H](NC(=O)Nc4ccc(-c5nc6ccc(C)cc6s5)cc4)C[C@H]2N(C)CC3)cc1OC. The van der Waals surface area contributed by atoms with Gasteiger partial charge < -0.3 is 25.0 Å². The van der Waals surface area contributed by atoms with Crippen molar-refractivity contribution in [2.45, 2.75) is 50.1 Å². The number of aromatic nitrogens is 1. The van der Waals surface area contributed by atoms with E-state index in [4.69, 9.17) is 14.5 Å². The number of amides is 2. The summed E-state index contributed by atoms with van der Waals surface area (Å²) in [5, 5.41) is 7.26. The summed E-state index contributed by atoms with van der Waals surface area (Å²) in [5.74, 6) is 1.52. The molecule has 3 aromatic carbocycles. The number of likely N-dealkylation sites (tertiary alicyclic amines) is 1. The van der Waals surface area contributed by atoms with Crippen LogP contribution in [0.2, 0.25) is 0 Å².